The molecule has 5 nitrogen and oxygen atoms in total. The first kappa shape index (κ1) is 19.4. The van der Waals surface area contributed by atoms with Crippen molar-refractivity contribution < 1.29 is 14.3 Å². The fraction of sp³-hybridized carbons (Fsp3) is 0.429. The molecule has 0 bridgehead atoms. The number of carbonyl (C=O) groups excluding carboxylic acids is 2. The van der Waals surface area contributed by atoms with Crippen molar-refractivity contribution in [3.8, 4) is 5.75 Å². The van der Waals surface area contributed by atoms with Crippen LogP contribution in [0.3, 0.4) is 0 Å². The van der Waals surface area contributed by atoms with Crippen LogP contribution in [0.1, 0.15) is 64.3 Å². The molecule has 2 aromatic rings. The van der Waals surface area contributed by atoms with E-state index in [0.29, 0.717) is 34.4 Å². The van der Waals surface area contributed by atoms with Gasteiger partial charge < -0.3 is 15.8 Å². The Bertz CT molecular complexity index is 842. The van der Waals surface area contributed by atoms with Gasteiger partial charge in [0.1, 0.15) is 10.8 Å². The summed E-state index contributed by atoms with van der Waals surface area (Å²) in [5, 5.41) is 3.46. The first-order valence-electron chi connectivity index (χ1n) is 9.45. The minimum atomic E-state index is -0.480. The largest absolute Gasteiger partial charge is 0.493 e. The maximum absolute atomic E-state index is 12.9. The molecule has 0 atom stereocenters. The second-order valence-corrected chi connectivity index (χ2v) is 8.37. The molecule has 1 aliphatic rings. The number of aryl methyl sites for hydroxylation is 1. The maximum Gasteiger partial charge on any atom is 0.260 e. The van der Waals surface area contributed by atoms with Gasteiger partial charge in [0.2, 0.25) is 0 Å². The number of primary amides is 1. The zero-order valence-corrected chi connectivity index (χ0v) is 16.7. The van der Waals surface area contributed by atoms with Crippen LogP contribution in [0.4, 0.5) is 5.00 Å². The van der Waals surface area contributed by atoms with Crippen molar-refractivity contribution in [3.05, 3.63) is 45.8 Å². The number of rotatable bonds is 7. The average molecular weight is 387 g/mol. The van der Waals surface area contributed by atoms with Gasteiger partial charge in [0.15, 0.2) is 0 Å². The van der Waals surface area contributed by atoms with E-state index >= 15 is 0 Å². The van der Waals surface area contributed by atoms with Gasteiger partial charge >= 0.3 is 0 Å². The molecule has 1 aromatic heterocycles. The number of thiophene rings is 1. The zero-order chi connectivity index (χ0) is 19.4. The number of nitrogens with one attached hydrogen (secondary N) is 1. The molecule has 0 unspecified atom stereocenters. The number of amides is 2. The molecule has 1 aromatic carbocycles. The highest BCUT2D eigenvalue weighted by molar-refractivity contribution is 7.17. The Morgan fingerprint density at radius 2 is 1.96 bits per heavy atom. The van der Waals surface area contributed by atoms with Crippen molar-refractivity contribution in [3.63, 3.8) is 0 Å². The SMILES string of the molecule is CC(C)CCOc1ccccc1C(=O)Nc1sc2c(c1C(N)=O)CCCC2. The Balaban J connectivity index is 1.82. The quantitative estimate of drug-likeness (QED) is 0.740. The van der Waals surface area contributed by atoms with Crippen LogP contribution in [0, 0.1) is 5.92 Å². The summed E-state index contributed by atoms with van der Waals surface area (Å²) in [6.45, 7) is 4.82. The number of para-hydroxylation sites is 1. The molecule has 1 aliphatic carbocycles. The van der Waals surface area contributed by atoms with E-state index in [4.69, 9.17) is 10.5 Å². The van der Waals surface area contributed by atoms with Crippen molar-refractivity contribution in [2.24, 2.45) is 11.7 Å². The Morgan fingerprint density at radius 3 is 2.70 bits per heavy atom. The number of hydrogen-bond acceptors (Lipinski definition) is 4. The van der Waals surface area contributed by atoms with E-state index < -0.39 is 5.91 Å². The van der Waals surface area contributed by atoms with E-state index in [2.05, 4.69) is 19.2 Å². The molecule has 0 saturated carbocycles. The van der Waals surface area contributed by atoms with Crippen LogP contribution in [0.25, 0.3) is 0 Å². The maximum atomic E-state index is 12.9. The van der Waals surface area contributed by atoms with Gasteiger partial charge in [-0.2, -0.15) is 0 Å². The van der Waals surface area contributed by atoms with E-state index in [-0.39, 0.29) is 5.91 Å². The van der Waals surface area contributed by atoms with Crippen LogP contribution in [0.5, 0.6) is 5.75 Å². The Hall–Kier alpha value is -2.34. The summed E-state index contributed by atoms with van der Waals surface area (Å²) in [4.78, 5) is 26.0. The van der Waals surface area contributed by atoms with Crippen LogP contribution in [-0.4, -0.2) is 18.4 Å². The smallest absolute Gasteiger partial charge is 0.260 e. The monoisotopic (exact) mass is 386 g/mol. The van der Waals surface area contributed by atoms with Crippen molar-refractivity contribution in [2.75, 3.05) is 11.9 Å². The molecule has 0 spiro atoms. The summed E-state index contributed by atoms with van der Waals surface area (Å²) >= 11 is 1.47. The number of carbonyl (C=O) groups is 2. The van der Waals surface area contributed by atoms with E-state index in [0.717, 1.165) is 42.5 Å². The predicted octanol–water partition coefficient (Wildman–Crippen LogP) is 4.40. The molecule has 3 rings (SSSR count). The first-order chi connectivity index (χ1) is 13.0. The molecular formula is C21H26N2O3S. The lowest BCUT2D eigenvalue weighted by Crippen LogP contribution is -2.19. The number of hydrogen-bond donors (Lipinski definition) is 2. The van der Waals surface area contributed by atoms with Crippen LogP contribution in [0.2, 0.25) is 0 Å². The number of anilines is 1. The van der Waals surface area contributed by atoms with Gasteiger partial charge in [0, 0.05) is 4.88 Å². The van der Waals surface area contributed by atoms with Gasteiger partial charge in [0.05, 0.1) is 17.7 Å². The highest BCUT2D eigenvalue weighted by Gasteiger charge is 2.25. The molecule has 144 valence electrons. The second kappa shape index (κ2) is 8.57. The molecule has 0 fully saturated rings. The average Bonchev–Trinajstić information content (AvgIpc) is 2.99. The summed E-state index contributed by atoms with van der Waals surface area (Å²) in [6.07, 6.45) is 4.84. The fourth-order valence-corrected chi connectivity index (χ4v) is 4.56. The van der Waals surface area contributed by atoms with Gasteiger partial charge in [-0.15, -0.1) is 11.3 Å². The predicted molar refractivity (Wildman–Crippen MR) is 109 cm³/mol. The van der Waals surface area contributed by atoms with E-state index in [1.807, 2.05) is 6.07 Å². The van der Waals surface area contributed by atoms with Crippen LogP contribution < -0.4 is 15.8 Å². The Kier molecular flexibility index (Phi) is 6.16. The van der Waals surface area contributed by atoms with Gasteiger partial charge in [-0.3, -0.25) is 9.59 Å². The minimum Gasteiger partial charge on any atom is -0.493 e. The van der Waals surface area contributed by atoms with Crippen molar-refractivity contribution in [1.82, 2.24) is 0 Å². The fourth-order valence-electron chi connectivity index (χ4n) is 3.27. The third kappa shape index (κ3) is 4.50. The molecule has 3 N–H and O–H groups in total. The van der Waals surface area contributed by atoms with Gasteiger partial charge in [0.25, 0.3) is 11.8 Å². The molecular weight excluding hydrogens is 360 g/mol. The molecule has 6 heteroatoms. The standard InChI is InChI=1S/C21H26N2O3S/c1-13(2)11-12-26-16-9-5-3-7-14(16)20(25)23-21-18(19(22)24)15-8-4-6-10-17(15)27-21/h3,5,7,9,13H,4,6,8,10-12H2,1-2H3,(H2,22,24)(H,23,25). The highest BCUT2D eigenvalue weighted by Crippen LogP contribution is 2.38. The van der Waals surface area contributed by atoms with E-state index in [1.165, 1.54) is 11.3 Å². The van der Waals surface area contributed by atoms with Crippen LogP contribution in [0.15, 0.2) is 24.3 Å². The normalized spacial score (nSPS) is 13.3. The third-order valence-corrected chi connectivity index (χ3v) is 5.94. The molecule has 0 aliphatic heterocycles. The molecule has 1 heterocycles. The summed E-state index contributed by atoms with van der Waals surface area (Å²) in [6, 6.07) is 7.18. The summed E-state index contributed by atoms with van der Waals surface area (Å²) in [7, 11) is 0. The second-order valence-electron chi connectivity index (χ2n) is 7.26. The highest BCUT2D eigenvalue weighted by atomic mass is 32.1. The minimum absolute atomic E-state index is 0.281. The third-order valence-electron chi connectivity index (χ3n) is 4.73. The Morgan fingerprint density at radius 1 is 1.22 bits per heavy atom. The lowest BCUT2D eigenvalue weighted by atomic mass is 9.95. The Labute approximate surface area is 163 Å². The first-order valence-corrected chi connectivity index (χ1v) is 10.3. The summed E-state index contributed by atoms with van der Waals surface area (Å²) < 4.78 is 5.82. The summed E-state index contributed by atoms with van der Waals surface area (Å²) in [5.74, 6) is 0.321. The molecule has 2 amide bonds. The number of benzene rings is 1. The van der Waals surface area contributed by atoms with Crippen LogP contribution >= 0.6 is 11.3 Å². The van der Waals surface area contributed by atoms with Gasteiger partial charge in [-0.1, -0.05) is 26.0 Å². The molecule has 0 radical (unpaired) electrons. The number of ether oxygens (including phenoxy) is 1. The van der Waals surface area contributed by atoms with Gasteiger partial charge in [-0.25, -0.2) is 0 Å². The van der Waals surface area contributed by atoms with Gasteiger partial charge in [-0.05, 0) is 55.7 Å². The lowest BCUT2D eigenvalue weighted by molar-refractivity contribution is 0.100. The van der Waals surface area contributed by atoms with E-state index in [9.17, 15) is 9.59 Å². The molecule has 0 saturated heterocycles. The summed E-state index contributed by atoms with van der Waals surface area (Å²) in [5.41, 5.74) is 7.56. The van der Waals surface area contributed by atoms with Crippen molar-refractivity contribution in [1.29, 1.82) is 0 Å². The molecule has 27 heavy (non-hydrogen) atoms. The van der Waals surface area contributed by atoms with Crippen molar-refractivity contribution in [2.45, 2.75) is 46.0 Å². The zero-order valence-electron chi connectivity index (χ0n) is 15.8. The number of fused-ring (bicyclic) bond motifs is 1. The van der Waals surface area contributed by atoms with E-state index in [1.54, 1.807) is 18.2 Å². The number of nitrogens with two attached hydrogens (primary N) is 1. The lowest BCUT2D eigenvalue weighted by Gasteiger charge is -2.13. The van der Waals surface area contributed by atoms with Crippen molar-refractivity contribution >= 4 is 28.2 Å². The topological polar surface area (TPSA) is 81.4 Å². The van der Waals surface area contributed by atoms with Crippen LogP contribution in [-0.2, 0) is 12.8 Å².